The maximum absolute atomic E-state index is 5.67. The number of hydrogen-bond acceptors (Lipinski definition) is 5. The van der Waals surface area contributed by atoms with E-state index in [-0.39, 0.29) is 12.1 Å². The van der Waals surface area contributed by atoms with Crippen LogP contribution in [0.5, 0.6) is 5.75 Å². The van der Waals surface area contributed by atoms with Crippen LogP contribution in [0.4, 0.5) is 0 Å². The molecule has 0 aliphatic carbocycles. The van der Waals surface area contributed by atoms with Gasteiger partial charge in [-0.25, -0.2) is 5.43 Å². The Kier molecular flexibility index (Phi) is 4.93. The van der Waals surface area contributed by atoms with E-state index in [2.05, 4.69) is 26.3 Å². The molecule has 0 spiro atoms. The lowest BCUT2D eigenvalue weighted by atomic mass is 10.1. The largest absolute Gasteiger partial charge is 0.489 e. The molecule has 0 radical (unpaired) electrons. The first-order valence-corrected chi connectivity index (χ1v) is 7.54. The summed E-state index contributed by atoms with van der Waals surface area (Å²) in [6.45, 7) is 3.98. The average Bonchev–Trinajstić information content (AvgIpc) is 2.76. The highest BCUT2D eigenvalue weighted by Crippen LogP contribution is 2.31. The second kappa shape index (κ2) is 6.47. The number of nitrogens with zero attached hydrogens (tertiary/aromatic N) is 1. The van der Waals surface area contributed by atoms with Crippen LogP contribution in [-0.2, 0) is 0 Å². The van der Waals surface area contributed by atoms with Crippen molar-refractivity contribution < 1.29 is 4.74 Å². The number of halogens is 1. The first-order valence-electron chi connectivity index (χ1n) is 5.93. The van der Waals surface area contributed by atoms with E-state index in [1.807, 2.05) is 32.0 Å². The van der Waals surface area contributed by atoms with Crippen molar-refractivity contribution in [3.05, 3.63) is 44.8 Å². The number of aromatic nitrogens is 1. The van der Waals surface area contributed by atoms with Gasteiger partial charge in [-0.3, -0.25) is 10.8 Å². The van der Waals surface area contributed by atoms with E-state index in [1.165, 1.54) is 0 Å². The lowest BCUT2D eigenvalue weighted by Crippen LogP contribution is -2.28. The molecule has 0 fully saturated rings. The van der Waals surface area contributed by atoms with Crippen LogP contribution in [0.15, 0.2) is 34.4 Å². The zero-order valence-corrected chi connectivity index (χ0v) is 13.2. The van der Waals surface area contributed by atoms with Gasteiger partial charge in [0.25, 0.3) is 0 Å². The molecule has 0 aromatic carbocycles. The van der Waals surface area contributed by atoms with Crippen molar-refractivity contribution in [2.75, 3.05) is 0 Å². The van der Waals surface area contributed by atoms with E-state index in [0.29, 0.717) is 0 Å². The van der Waals surface area contributed by atoms with Crippen molar-refractivity contribution in [1.29, 1.82) is 0 Å². The molecule has 1 atom stereocenters. The average molecular weight is 342 g/mol. The van der Waals surface area contributed by atoms with Gasteiger partial charge in [-0.05, 0) is 53.5 Å². The molecule has 0 aliphatic rings. The van der Waals surface area contributed by atoms with Crippen molar-refractivity contribution >= 4 is 27.3 Å². The van der Waals surface area contributed by atoms with Gasteiger partial charge in [-0.1, -0.05) is 0 Å². The number of pyridine rings is 1. The molecule has 4 nitrogen and oxygen atoms in total. The van der Waals surface area contributed by atoms with E-state index in [0.717, 1.165) is 20.0 Å². The van der Waals surface area contributed by atoms with Crippen LogP contribution in [0, 0.1) is 0 Å². The fourth-order valence-corrected chi connectivity index (χ4v) is 3.27. The fourth-order valence-electron chi connectivity index (χ4n) is 1.76. The summed E-state index contributed by atoms with van der Waals surface area (Å²) in [5, 5.41) is 0. The Morgan fingerprint density at radius 1 is 1.37 bits per heavy atom. The van der Waals surface area contributed by atoms with Crippen molar-refractivity contribution in [3.63, 3.8) is 0 Å². The van der Waals surface area contributed by atoms with Crippen LogP contribution in [0.2, 0.25) is 0 Å². The fraction of sp³-hybridized carbons (Fsp3) is 0.308. The van der Waals surface area contributed by atoms with Crippen LogP contribution in [0.25, 0.3) is 0 Å². The van der Waals surface area contributed by atoms with Gasteiger partial charge in [0.2, 0.25) is 0 Å². The maximum Gasteiger partial charge on any atom is 0.138 e. The highest BCUT2D eigenvalue weighted by molar-refractivity contribution is 9.11. The molecule has 102 valence electrons. The molecule has 0 aliphatic heterocycles. The monoisotopic (exact) mass is 341 g/mol. The normalized spacial score (nSPS) is 12.7. The van der Waals surface area contributed by atoms with E-state index < -0.39 is 0 Å². The molecule has 2 aromatic heterocycles. The van der Waals surface area contributed by atoms with Gasteiger partial charge in [-0.2, -0.15) is 0 Å². The Morgan fingerprint density at radius 3 is 2.74 bits per heavy atom. The molecular formula is C13H16BrN3OS. The first kappa shape index (κ1) is 14.5. The molecule has 0 saturated carbocycles. The van der Waals surface area contributed by atoms with Gasteiger partial charge in [0.15, 0.2) is 0 Å². The van der Waals surface area contributed by atoms with Gasteiger partial charge in [-0.15, -0.1) is 11.3 Å². The van der Waals surface area contributed by atoms with Crippen molar-refractivity contribution in [3.8, 4) is 5.75 Å². The summed E-state index contributed by atoms with van der Waals surface area (Å²) in [5.41, 5.74) is 3.80. The molecule has 2 rings (SSSR count). The number of thiophene rings is 1. The molecule has 0 amide bonds. The molecule has 6 heteroatoms. The van der Waals surface area contributed by atoms with E-state index >= 15 is 0 Å². The summed E-state index contributed by atoms with van der Waals surface area (Å²) in [6.07, 6.45) is 3.63. The van der Waals surface area contributed by atoms with Crippen LogP contribution in [0.1, 0.15) is 30.3 Å². The van der Waals surface area contributed by atoms with Gasteiger partial charge in [0.1, 0.15) is 5.75 Å². The third kappa shape index (κ3) is 3.76. The SMILES string of the molecule is CC(C)Oc1cncc(C(NN)c2ccc(Br)s2)c1. The molecule has 0 saturated heterocycles. The summed E-state index contributed by atoms with van der Waals surface area (Å²) >= 11 is 5.10. The predicted molar refractivity (Wildman–Crippen MR) is 81.2 cm³/mol. The third-order valence-corrected chi connectivity index (χ3v) is 4.17. The summed E-state index contributed by atoms with van der Waals surface area (Å²) in [7, 11) is 0. The minimum absolute atomic E-state index is 0.0838. The van der Waals surface area contributed by atoms with E-state index in [1.54, 1.807) is 23.7 Å². The number of nitrogens with one attached hydrogen (secondary N) is 1. The van der Waals surface area contributed by atoms with Gasteiger partial charge >= 0.3 is 0 Å². The Bertz CT molecular complexity index is 544. The predicted octanol–water partition coefficient (Wildman–Crippen LogP) is 3.25. The topological polar surface area (TPSA) is 60.2 Å². The summed E-state index contributed by atoms with van der Waals surface area (Å²) in [5.74, 6) is 6.42. The molecule has 19 heavy (non-hydrogen) atoms. The Morgan fingerprint density at radius 2 is 2.16 bits per heavy atom. The van der Waals surface area contributed by atoms with Crippen molar-refractivity contribution in [2.24, 2.45) is 5.84 Å². The Hall–Kier alpha value is -0.950. The zero-order chi connectivity index (χ0) is 13.8. The Balaban J connectivity index is 2.28. The smallest absolute Gasteiger partial charge is 0.138 e. The highest BCUT2D eigenvalue weighted by Gasteiger charge is 2.15. The molecule has 2 heterocycles. The van der Waals surface area contributed by atoms with Crippen LogP contribution < -0.4 is 16.0 Å². The minimum atomic E-state index is -0.0838. The first-order chi connectivity index (χ1) is 9.10. The zero-order valence-electron chi connectivity index (χ0n) is 10.8. The summed E-state index contributed by atoms with van der Waals surface area (Å²) < 4.78 is 6.73. The standard InChI is InChI=1S/C13H16BrN3OS/c1-8(2)18-10-5-9(6-16-7-10)13(17-15)11-3-4-12(14)19-11/h3-8,13,17H,15H2,1-2H3. The van der Waals surface area contributed by atoms with Crippen LogP contribution >= 0.6 is 27.3 Å². The minimum Gasteiger partial charge on any atom is -0.489 e. The summed E-state index contributed by atoms with van der Waals surface area (Å²) in [4.78, 5) is 5.33. The number of hydrazine groups is 1. The quantitative estimate of drug-likeness (QED) is 0.647. The molecule has 2 aromatic rings. The lowest BCUT2D eigenvalue weighted by Gasteiger charge is -2.16. The van der Waals surface area contributed by atoms with Gasteiger partial charge in [0.05, 0.1) is 22.1 Å². The number of hydrogen-bond donors (Lipinski definition) is 2. The van der Waals surface area contributed by atoms with E-state index in [4.69, 9.17) is 10.6 Å². The number of ether oxygens (including phenoxy) is 1. The Labute approximate surface area is 125 Å². The van der Waals surface area contributed by atoms with Crippen LogP contribution in [-0.4, -0.2) is 11.1 Å². The van der Waals surface area contributed by atoms with Gasteiger partial charge < -0.3 is 4.74 Å². The summed E-state index contributed by atoms with van der Waals surface area (Å²) in [6, 6.07) is 5.92. The van der Waals surface area contributed by atoms with Crippen molar-refractivity contribution in [2.45, 2.75) is 26.0 Å². The second-order valence-corrected chi connectivity index (χ2v) is 6.86. The maximum atomic E-state index is 5.67. The number of rotatable bonds is 5. The number of nitrogens with two attached hydrogens (primary N) is 1. The third-order valence-electron chi connectivity index (χ3n) is 2.48. The second-order valence-electron chi connectivity index (χ2n) is 4.36. The van der Waals surface area contributed by atoms with E-state index in [9.17, 15) is 0 Å². The van der Waals surface area contributed by atoms with Crippen LogP contribution in [0.3, 0.4) is 0 Å². The molecular weight excluding hydrogens is 326 g/mol. The molecule has 1 unspecified atom stereocenters. The lowest BCUT2D eigenvalue weighted by molar-refractivity contribution is 0.241. The molecule has 0 bridgehead atoms. The highest BCUT2D eigenvalue weighted by atomic mass is 79.9. The van der Waals surface area contributed by atoms with Gasteiger partial charge in [0, 0.05) is 11.1 Å². The molecule has 3 N–H and O–H groups in total. The van der Waals surface area contributed by atoms with Crippen molar-refractivity contribution in [1.82, 2.24) is 10.4 Å².